The molecule has 0 amide bonds. The maximum atomic E-state index is 5.04. The molecule has 0 heterocycles. The summed E-state index contributed by atoms with van der Waals surface area (Å²) in [5.74, 6) is 0.438. The molecule has 0 saturated carbocycles. The normalized spacial score (nSPS) is 8.30. The van der Waals surface area contributed by atoms with Crippen LogP contribution in [0.2, 0.25) is 0 Å². The predicted octanol–water partition coefficient (Wildman–Crippen LogP) is 1.50. The fourth-order valence-electron chi connectivity index (χ4n) is 0.490. The highest BCUT2D eigenvalue weighted by atomic mass is 16.7. The van der Waals surface area contributed by atoms with Crippen LogP contribution in [0.4, 0.5) is 0 Å². The highest BCUT2D eigenvalue weighted by Gasteiger charge is 1.94. The Hall–Kier alpha value is -0.860. The van der Waals surface area contributed by atoms with Crippen molar-refractivity contribution in [2.75, 3.05) is 20.3 Å². The number of hydrogen-bond acceptors (Lipinski definition) is 3. The third-order valence-corrected chi connectivity index (χ3v) is 0.787. The van der Waals surface area contributed by atoms with E-state index in [0.717, 1.165) is 0 Å². The average molecular weight is 146 g/mol. The van der Waals surface area contributed by atoms with Crippen molar-refractivity contribution < 1.29 is 14.2 Å². The molecule has 0 atom stereocenters. The van der Waals surface area contributed by atoms with Gasteiger partial charge in [0.15, 0.2) is 6.26 Å². The minimum atomic E-state index is 0.438. The van der Waals surface area contributed by atoms with Crippen molar-refractivity contribution in [1.82, 2.24) is 0 Å². The van der Waals surface area contributed by atoms with E-state index in [2.05, 4.69) is 0 Å². The number of ether oxygens (including phenoxy) is 3. The molecule has 0 rings (SSSR count). The van der Waals surface area contributed by atoms with Crippen LogP contribution < -0.4 is 0 Å². The molecule has 0 radical (unpaired) electrons. The molecule has 3 heteroatoms. The van der Waals surface area contributed by atoms with Crippen LogP contribution in [0.1, 0.15) is 13.8 Å². The van der Waals surface area contributed by atoms with Crippen LogP contribution in [-0.4, -0.2) is 20.3 Å². The zero-order valence-corrected chi connectivity index (χ0v) is 6.72. The Kier molecular flexibility index (Phi) is 5.72. The van der Waals surface area contributed by atoms with E-state index in [1.807, 2.05) is 13.8 Å². The summed E-state index contributed by atoms with van der Waals surface area (Å²) >= 11 is 0. The quantitative estimate of drug-likeness (QED) is 0.550. The lowest BCUT2D eigenvalue weighted by Gasteiger charge is -2.06. The summed E-state index contributed by atoms with van der Waals surface area (Å²) in [5, 5.41) is 0. The largest absolute Gasteiger partial charge is 0.497 e. The lowest BCUT2D eigenvalue weighted by molar-refractivity contribution is 0.0348. The van der Waals surface area contributed by atoms with Gasteiger partial charge < -0.3 is 14.2 Å². The van der Waals surface area contributed by atoms with Gasteiger partial charge in [0.05, 0.1) is 20.3 Å². The van der Waals surface area contributed by atoms with E-state index < -0.39 is 0 Å². The second-order valence-corrected chi connectivity index (χ2v) is 1.54. The number of rotatable bonds is 5. The van der Waals surface area contributed by atoms with E-state index in [1.54, 1.807) is 7.11 Å². The third-order valence-electron chi connectivity index (χ3n) is 0.787. The van der Waals surface area contributed by atoms with Crippen molar-refractivity contribution in [2.24, 2.45) is 0 Å². The lowest BCUT2D eigenvalue weighted by atomic mass is 10.8. The van der Waals surface area contributed by atoms with E-state index in [9.17, 15) is 0 Å². The number of methoxy groups -OCH3 is 1. The SMILES string of the molecule is CCOC(=COC)OCC. The number of hydrogen-bond donors (Lipinski definition) is 0. The molecule has 0 saturated heterocycles. The summed E-state index contributed by atoms with van der Waals surface area (Å²) in [6, 6.07) is 0. The van der Waals surface area contributed by atoms with Crippen molar-refractivity contribution in [3.05, 3.63) is 12.2 Å². The molecule has 0 spiro atoms. The molecule has 0 fully saturated rings. The second kappa shape index (κ2) is 6.26. The zero-order chi connectivity index (χ0) is 7.82. The molecule has 0 N–H and O–H groups in total. The predicted molar refractivity (Wildman–Crippen MR) is 38.3 cm³/mol. The molecule has 0 aromatic carbocycles. The summed E-state index contributed by atoms with van der Waals surface area (Å²) < 4.78 is 14.8. The first-order valence-electron chi connectivity index (χ1n) is 3.33. The summed E-state index contributed by atoms with van der Waals surface area (Å²) in [7, 11) is 1.55. The Balaban J connectivity index is 3.60. The highest BCUT2D eigenvalue weighted by molar-refractivity contribution is 4.74. The maximum absolute atomic E-state index is 5.04. The van der Waals surface area contributed by atoms with Gasteiger partial charge in [-0.2, -0.15) is 0 Å². The zero-order valence-electron chi connectivity index (χ0n) is 6.72. The van der Waals surface area contributed by atoms with Gasteiger partial charge in [-0.1, -0.05) is 0 Å². The van der Waals surface area contributed by atoms with Gasteiger partial charge in [-0.25, -0.2) is 0 Å². The van der Waals surface area contributed by atoms with Crippen molar-refractivity contribution in [1.29, 1.82) is 0 Å². The van der Waals surface area contributed by atoms with Gasteiger partial charge in [-0.15, -0.1) is 0 Å². The Morgan fingerprint density at radius 2 is 1.70 bits per heavy atom. The topological polar surface area (TPSA) is 27.7 Å². The van der Waals surface area contributed by atoms with Crippen molar-refractivity contribution in [3.63, 3.8) is 0 Å². The first-order chi connectivity index (χ1) is 4.85. The molecule has 0 unspecified atom stereocenters. The van der Waals surface area contributed by atoms with Crippen LogP contribution in [0, 0.1) is 0 Å². The standard InChI is InChI=1S/C7H14O3/c1-4-9-7(6-8-3)10-5-2/h6H,4-5H2,1-3H3. The van der Waals surface area contributed by atoms with Gasteiger partial charge >= 0.3 is 5.95 Å². The van der Waals surface area contributed by atoms with Crippen LogP contribution in [0.5, 0.6) is 0 Å². The van der Waals surface area contributed by atoms with Gasteiger partial charge in [-0.3, -0.25) is 0 Å². The lowest BCUT2D eigenvalue weighted by Crippen LogP contribution is -1.97. The van der Waals surface area contributed by atoms with Crippen LogP contribution in [-0.2, 0) is 14.2 Å². The molecule has 0 aliphatic rings. The maximum Gasteiger partial charge on any atom is 0.315 e. The average Bonchev–Trinajstić information content (AvgIpc) is 1.90. The highest BCUT2D eigenvalue weighted by Crippen LogP contribution is 1.98. The van der Waals surface area contributed by atoms with Gasteiger partial charge in [0, 0.05) is 0 Å². The minimum absolute atomic E-state index is 0.438. The first kappa shape index (κ1) is 9.14. The summed E-state index contributed by atoms with van der Waals surface area (Å²) in [6.45, 7) is 4.97. The van der Waals surface area contributed by atoms with E-state index in [1.165, 1.54) is 6.26 Å². The fraction of sp³-hybridized carbons (Fsp3) is 0.714. The summed E-state index contributed by atoms with van der Waals surface area (Å²) in [6.07, 6.45) is 1.44. The van der Waals surface area contributed by atoms with Crippen molar-refractivity contribution >= 4 is 0 Å². The van der Waals surface area contributed by atoms with Gasteiger partial charge in [0.2, 0.25) is 0 Å². The van der Waals surface area contributed by atoms with E-state index in [-0.39, 0.29) is 0 Å². The molecular weight excluding hydrogens is 132 g/mol. The summed E-state index contributed by atoms with van der Waals surface area (Å²) in [4.78, 5) is 0. The Labute approximate surface area is 61.6 Å². The molecule has 0 bridgehead atoms. The molecule has 0 aliphatic carbocycles. The first-order valence-corrected chi connectivity index (χ1v) is 3.33. The van der Waals surface area contributed by atoms with E-state index in [0.29, 0.717) is 19.2 Å². The van der Waals surface area contributed by atoms with Crippen LogP contribution in [0.25, 0.3) is 0 Å². The third kappa shape index (κ3) is 4.06. The molecule has 10 heavy (non-hydrogen) atoms. The Morgan fingerprint density at radius 3 is 2.00 bits per heavy atom. The Morgan fingerprint density at radius 1 is 1.20 bits per heavy atom. The Bertz CT molecular complexity index is 91.0. The van der Waals surface area contributed by atoms with Gasteiger partial charge in [-0.05, 0) is 13.8 Å². The molecule has 60 valence electrons. The molecule has 0 aromatic rings. The van der Waals surface area contributed by atoms with E-state index >= 15 is 0 Å². The second-order valence-electron chi connectivity index (χ2n) is 1.54. The van der Waals surface area contributed by atoms with Crippen LogP contribution in [0.3, 0.4) is 0 Å². The van der Waals surface area contributed by atoms with Crippen LogP contribution >= 0.6 is 0 Å². The molecule has 3 nitrogen and oxygen atoms in total. The van der Waals surface area contributed by atoms with Gasteiger partial charge in [0.25, 0.3) is 0 Å². The smallest absolute Gasteiger partial charge is 0.315 e. The minimum Gasteiger partial charge on any atom is -0.497 e. The summed E-state index contributed by atoms with van der Waals surface area (Å²) in [5.41, 5.74) is 0. The van der Waals surface area contributed by atoms with Gasteiger partial charge in [0.1, 0.15) is 0 Å². The molecule has 0 aliphatic heterocycles. The van der Waals surface area contributed by atoms with Crippen molar-refractivity contribution in [2.45, 2.75) is 13.8 Å². The van der Waals surface area contributed by atoms with Crippen molar-refractivity contribution in [3.8, 4) is 0 Å². The molecular formula is C7H14O3. The monoisotopic (exact) mass is 146 g/mol. The van der Waals surface area contributed by atoms with E-state index in [4.69, 9.17) is 14.2 Å². The van der Waals surface area contributed by atoms with Crippen LogP contribution in [0.15, 0.2) is 12.2 Å². The fourth-order valence-corrected chi connectivity index (χ4v) is 0.490. The molecule has 0 aromatic heterocycles.